The van der Waals surface area contributed by atoms with Gasteiger partial charge in [-0.05, 0) is 6.07 Å². The third-order valence-electron chi connectivity index (χ3n) is 0.926. The van der Waals surface area contributed by atoms with E-state index in [2.05, 4.69) is 10.3 Å². The lowest BCUT2D eigenvalue weighted by atomic mass is 10.3. The lowest BCUT2D eigenvalue weighted by Crippen LogP contribution is -2.05. The van der Waals surface area contributed by atoms with Crippen molar-refractivity contribution in [2.45, 2.75) is 0 Å². The van der Waals surface area contributed by atoms with Gasteiger partial charge in [0.25, 0.3) is 0 Å². The smallest absolute Gasteiger partial charge is 0.434 e. The van der Waals surface area contributed by atoms with Crippen molar-refractivity contribution in [2.24, 2.45) is 7.05 Å². The van der Waals surface area contributed by atoms with E-state index in [-0.39, 0.29) is 0 Å². The lowest BCUT2D eigenvalue weighted by Gasteiger charge is -1.90. The van der Waals surface area contributed by atoms with Gasteiger partial charge in [0.15, 0.2) is 0 Å². The maximum atomic E-state index is 8.24. The number of nitrogens with one attached hydrogen (secondary N) is 1. The molecule has 0 aromatic carbocycles. The van der Waals surface area contributed by atoms with Crippen molar-refractivity contribution in [3.8, 4) is 0 Å². The number of nitrogens with zero attached hydrogens (tertiary/aromatic N) is 2. The fraction of sp³-hybridized carbons (Fsp3) is 0.250. The fourth-order valence-electron chi connectivity index (χ4n) is 0.558. The van der Waals surface area contributed by atoms with Gasteiger partial charge in [-0.2, -0.15) is 5.10 Å². The van der Waals surface area contributed by atoms with E-state index >= 15 is 0 Å². The van der Waals surface area contributed by atoms with Crippen molar-refractivity contribution < 1.29 is 5.02 Å². The van der Waals surface area contributed by atoms with E-state index < -0.39 is 0 Å². The SMILES string of the molecule is Cn1ccc(N[B]O)n1. The molecule has 0 amide bonds. The van der Waals surface area contributed by atoms with Crippen molar-refractivity contribution in [3.63, 3.8) is 0 Å². The minimum absolute atomic E-state index is 0.639. The van der Waals surface area contributed by atoms with Crippen LogP contribution in [0.3, 0.4) is 0 Å². The second-order valence-corrected chi connectivity index (χ2v) is 1.65. The molecule has 0 aliphatic rings. The summed E-state index contributed by atoms with van der Waals surface area (Å²) in [5.74, 6) is 0.639. The highest BCUT2D eigenvalue weighted by atomic mass is 16.2. The van der Waals surface area contributed by atoms with Gasteiger partial charge in [-0.1, -0.05) is 0 Å². The molecule has 0 fully saturated rings. The van der Waals surface area contributed by atoms with Crippen LogP contribution in [0.5, 0.6) is 0 Å². The van der Waals surface area contributed by atoms with Gasteiger partial charge in [-0.3, -0.25) is 4.68 Å². The monoisotopic (exact) mass is 124 g/mol. The predicted octanol–water partition coefficient (Wildman–Crippen LogP) is -0.642. The first-order valence-electron chi connectivity index (χ1n) is 2.55. The molecule has 9 heavy (non-hydrogen) atoms. The summed E-state index contributed by atoms with van der Waals surface area (Å²) in [6, 6.07) is 1.76. The molecule has 4 nitrogen and oxygen atoms in total. The van der Waals surface area contributed by atoms with E-state index in [9.17, 15) is 0 Å². The Hall–Kier alpha value is -0.965. The van der Waals surface area contributed by atoms with Crippen molar-refractivity contribution in [1.29, 1.82) is 0 Å². The standard InChI is InChI=1S/C4H7BN3O/c1-8-3-2-4(7-8)6-5-9/h2-3,9H,1H3,(H,6,7). The molecule has 0 aliphatic carbocycles. The second-order valence-electron chi connectivity index (χ2n) is 1.65. The zero-order chi connectivity index (χ0) is 6.69. The van der Waals surface area contributed by atoms with E-state index in [1.165, 1.54) is 0 Å². The van der Waals surface area contributed by atoms with Crippen LogP contribution in [0.15, 0.2) is 12.3 Å². The molecule has 0 saturated heterocycles. The molecule has 47 valence electrons. The average Bonchev–Trinajstić information content (AvgIpc) is 2.17. The first-order valence-corrected chi connectivity index (χ1v) is 2.55. The largest absolute Gasteiger partial charge is 0.435 e. The lowest BCUT2D eigenvalue weighted by molar-refractivity contribution is 0.609. The van der Waals surface area contributed by atoms with Crippen LogP contribution in [-0.2, 0) is 7.05 Å². The molecular weight excluding hydrogens is 117 g/mol. The summed E-state index contributed by atoms with van der Waals surface area (Å²) in [6.07, 6.45) is 1.78. The van der Waals surface area contributed by atoms with Crippen LogP contribution in [0.25, 0.3) is 0 Å². The highest BCUT2D eigenvalue weighted by Gasteiger charge is 1.92. The molecular formula is C4H7BN3O. The molecule has 1 aromatic rings. The molecule has 1 heterocycles. The summed E-state index contributed by atoms with van der Waals surface area (Å²) >= 11 is 0. The Morgan fingerprint density at radius 2 is 2.67 bits per heavy atom. The van der Waals surface area contributed by atoms with Crippen LogP contribution in [0.4, 0.5) is 5.82 Å². The third-order valence-corrected chi connectivity index (χ3v) is 0.926. The Bertz CT molecular complexity index is 188. The first-order chi connectivity index (χ1) is 4.33. The topological polar surface area (TPSA) is 50.1 Å². The van der Waals surface area contributed by atoms with E-state index in [1.807, 2.05) is 7.05 Å². The molecule has 2 N–H and O–H groups in total. The van der Waals surface area contributed by atoms with Gasteiger partial charge in [-0.15, -0.1) is 0 Å². The zero-order valence-corrected chi connectivity index (χ0v) is 5.07. The molecule has 1 radical (unpaired) electrons. The minimum atomic E-state index is 0.639. The van der Waals surface area contributed by atoms with Crippen LogP contribution in [0.2, 0.25) is 0 Å². The van der Waals surface area contributed by atoms with Gasteiger partial charge in [0.1, 0.15) is 5.82 Å². The molecule has 0 unspecified atom stereocenters. The molecule has 0 bridgehead atoms. The van der Waals surface area contributed by atoms with Crippen molar-refractivity contribution in [3.05, 3.63) is 12.3 Å². The third kappa shape index (κ3) is 1.46. The van der Waals surface area contributed by atoms with E-state index in [4.69, 9.17) is 5.02 Å². The number of anilines is 1. The Kier molecular flexibility index (Phi) is 1.74. The minimum Gasteiger partial charge on any atom is -0.435 e. The summed E-state index contributed by atoms with van der Waals surface area (Å²) in [5, 5.41) is 14.7. The van der Waals surface area contributed by atoms with Crippen LogP contribution in [0.1, 0.15) is 0 Å². The van der Waals surface area contributed by atoms with Gasteiger partial charge in [0.2, 0.25) is 0 Å². The summed E-state index contributed by atoms with van der Waals surface area (Å²) in [5.41, 5.74) is 0. The molecule has 1 aromatic heterocycles. The first kappa shape index (κ1) is 6.16. The van der Waals surface area contributed by atoms with Gasteiger partial charge in [-0.25, -0.2) is 0 Å². The van der Waals surface area contributed by atoms with Crippen molar-refractivity contribution in [2.75, 3.05) is 5.23 Å². The zero-order valence-electron chi connectivity index (χ0n) is 5.07. The average molecular weight is 124 g/mol. The van der Waals surface area contributed by atoms with Crippen LogP contribution in [-0.4, -0.2) is 22.4 Å². The molecule has 0 atom stereocenters. The number of rotatable bonds is 2. The Labute approximate surface area is 53.8 Å². The Morgan fingerprint density at radius 3 is 3.11 bits per heavy atom. The van der Waals surface area contributed by atoms with E-state index in [0.29, 0.717) is 5.82 Å². The summed E-state index contributed by atoms with van der Waals surface area (Å²) in [4.78, 5) is 0. The summed E-state index contributed by atoms with van der Waals surface area (Å²) in [7, 11) is 2.66. The van der Waals surface area contributed by atoms with Gasteiger partial charge in [0, 0.05) is 13.2 Å². The summed E-state index contributed by atoms with van der Waals surface area (Å²) in [6.45, 7) is 0. The molecule has 0 aliphatic heterocycles. The van der Waals surface area contributed by atoms with Gasteiger partial charge >= 0.3 is 7.62 Å². The predicted molar refractivity (Wildman–Crippen MR) is 34.8 cm³/mol. The van der Waals surface area contributed by atoms with Crippen LogP contribution in [0, 0.1) is 0 Å². The fourth-order valence-corrected chi connectivity index (χ4v) is 0.558. The number of hydrogen-bond donors (Lipinski definition) is 2. The van der Waals surface area contributed by atoms with E-state index in [0.717, 1.165) is 7.62 Å². The molecule has 5 heteroatoms. The van der Waals surface area contributed by atoms with Crippen molar-refractivity contribution >= 4 is 13.4 Å². The molecule has 1 rings (SSSR count). The number of aromatic nitrogens is 2. The highest BCUT2D eigenvalue weighted by Crippen LogP contribution is 1.97. The quantitative estimate of drug-likeness (QED) is 0.515. The second kappa shape index (κ2) is 2.54. The highest BCUT2D eigenvalue weighted by molar-refractivity contribution is 6.30. The summed E-state index contributed by atoms with van der Waals surface area (Å²) < 4.78 is 1.64. The van der Waals surface area contributed by atoms with Gasteiger partial charge < -0.3 is 10.3 Å². The Balaban J connectivity index is 2.61. The van der Waals surface area contributed by atoms with Crippen LogP contribution < -0.4 is 5.23 Å². The number of aryl methyl sites for hydroxylation is 1. The molecule has 0 spiro atoms. The van der Waals surface area contributed by atoms with Gasteiger partial charge in [0.05, 0.1) is 0 Å². The molecule has 0 saturated carbocycles. The Morgan fingerprint density at radius 1 is 1.89 bits per heavy atom. The normalized spacial score (nSPS) is 9.11. The van der Waals surface area contributed by atoms with Crippen molar-refractivity contribution in [1.82, 2.24) is 9.78 Å². The maximum Gasteiger partial charge on any atom is 0.434 e. The van der Waals surface area contributed by atoms with Crippen LogP contribution >= 0.6 is 0 Å². The van der Waals surface area contributed by atoms with E-state index in [1.54, 1.807) is 16.9 Å². The maximum absolute atomic E-state index is 8.24. The number of hydrogen-bond acceptors (Lipinski definition) is 3.